The maximum atomic E-state index is 12.4. The van der Waals surface area contributed by atoms with Crippen LogP contribution in [0, 0.1) is 5.92 Å². The van der Waals surface area contributed by atoms with E-state index in [-0.39, 0.29) is 17.8 Å². The summed E-state index contributed by atoms with van der Waals surface area (Å²) in [4.78, 5) is 28.8. The summed E-state index contributed by atoms with van der Waals surface area (Å²) in [5.41, 5.74) is 1.31. The lowest BCUT2D eigenvalue weighted by Gasteiger charge is -2.34. The lowest BCUT2D eigenvalue weighted by atomic mass is 9.99. The number of piperazine rings is 1. The molecule has 0 spiro atoms. The van der Waals surface area contributed by atoms with Gasteiger partial charge in [-0.05, 0) is 11.5 Å². The van der Waals surface area contributed by atoms with Crippen LogP contribution in [0.1, 0.15) is 25.8 Å². The average molecular weight is 361 g/mol. The fourth-order valence-electron chi connectivity index (χ4n) is 3.17. The summed E-state index contributed by atoms with van der Waals surface area (Å²) in [6, 6.07) is 9.86. The SMILES string of the molecule is CCC(C)C(NC(=O)CN1CCN(Cc2ccccc2)CC1)C(=O)OC. The van der Waals surface area contributed by atoms with Crippen molar-refractivity contribution in [1.82, 2.24) is 15.1 Å². The van der Waals surface area contributed by atoms with Gasteiger partial charge < -0.3 is 10.1 Å². The summed E-state index contributed by atoms with van der Waals surface area (Å²) in [7, 11) is 1.36. The Balaban J connectivity index is 1.77. The van der Waals surface area contributed by atoms with Crippen molar-refractivity contribution in [3.63, 3.8) is 0 Å². The second kappa shape index (κ2) is 10.3. The molecular formula is C20H31N3O3. The summed E-state index contributed by atoms with van der Waals surface area (Å²) in [5.74, 6) is -0.438. The smallest absolute Gasteiger partial charge is 0.328 e. The summed E-state index contributed by atoms with van der Waals surface area (Å²) in [6.45, 7) is 8.80. The minimum Gasteiger partial charge on any atom is -0.467 e. The van der Waals surface area contributed by atoms with E-state index in [0.717, 1.165) is 39.1 Å². The van der Waals surface area contributed by atoms with Gasteiger partial charge in [0.1, 0.15) is 6.04 Å². The van der Waals surface area contributed by atoms with Gasteiger partial charge in [-0.25, -0.2) is 4.79 Å². The van der Waals surface area contributed by atoms with Crippen molar-refractivity contribution in [1.29, 1.82) is 0 Å². The quantitative estimate of drug-likeness (QED) is 0.711. The zero-order valence-corrected chi connectivity index (χ0v) is 16.1. The maximum absolute atomic E-state index is 12.4. The highest BCUT2D eigenvalue weighted by atomic mass is 16.5. The number of nitrogens with one attached hydrogen (secondary N) is 1. The van der Waals surface area contributed by atoms with Gasteiger partial charge in [-0.3, -0.25) is 14.6 Å². The first-order valence-electron chi connectivity index (χ1n) is 9.39. The van der Waals surface area contributed by atoms with Crippen molar-refractivity contribution in [2.24, 2.45) is 5.92 Å². The second-order valence-electron chi connectivity index (χ2n) is 6.99. The van der Waals surface area contributed by atoms with Crippen molar-refractivity contribution in [3.05, 3.63) is 35.9 Å². The molecule has 6 nitrogen and oxygen atoms in total. The largest absolute Gasteiger partial charge is 0.467 e. The zero-order valence-electron chi connectivity index (χ0n) is 16.1. The number of ether oxygens (including phenoxy) is 1. The first kappa shape index (κ1) is 20.4. The first-order chi connectivity index (χ1) is 12.5. The van der Waals surface area contributed by atoms with Gasteiger partial charge in [0.15, 0.2) is 0 Å². The Morgan fingerprint density at radius 1 is 1.12 bits per heavy atom. The molecule has 1 heterocycles. The van der Waals surface area contributed by atoms with E-state index in [0.29, 0.717) is 6.54 Å². The molecule has 1 aliphatic heterocycles. The first-order valence-corrected chi connectivity index (χ1v) is 9.39. The molecule has 2 unspecified atom stereocenters. The molecule has 1 saturated heterocycles. The van der Waals surface area contributed by atoms with Crippen LogP contribution in [0.4, 0.5) is 0 Å². The van der Waals surface area contributed by atoms with Gasteiger partial charge in [0.2, 0.25) is 5.91 Å². The minimum absolute atomic E-state index is 0.0501. The third-order valence-electron chi connectivity index (χ3n) is 5.07. The number of nitrogens with zero attached hydrogens (tertiary/aromatic N) is 2. The lowest BCUT2D eigenvalue weighted by molar-refractivity contribution is -0.146. The number of benzene rings is 1. The monoisotopic (exact) mass is 361 g/mol. The number of hydrogen-bond donors (Lipinski definition) is 1. The highest BCUT2D eigenvalue weighted by molar-refractivity contribution is 5.85. The number of methoxy groups -OCH3 is 1. The molecule has 0 aliphatic carbocycles. The van der Waals surface area contributed by atoms with Gasteiger partial charge in [-0.15, -0.1) is 0 Å². The Hall–Kier alpha value is -1.92. The molecule has 2 rings (SSSR count). The topological polar surface area (TPSA) is 61.9 Å². The van der Waals surface area contributed by atoms with Crippen LogP contribution < -0.4 is 5.32 Å². The summed E-state index contributed by atoms with van der Waals surface area (Å²) < 4.78 is 4.82. The van der Waals surface area contributed by atoms with Crippen LogP contribution >= 0.6 is 0 Å². The van der Waals surface area contributed by atoms with Crippen LogP contribution in [0.5, 0.6) is 0 Å². The predicted octanol–water partition coefficient (Wildman–Crippen LogP) is 1.51. The lowest BCUT2D eigenvalue weighted by Crippen LogP contribution is -2.52. The molecule has 0 bridgehead atoms. The van der Waals surface area contributed by atoms with Gasteiger partial charge in [0.25, 0.3) is 0 Å². The average Bonchev–Trinajstić information content (AvgIpc) is 2.67. The van der Waals surface area contributed by atoms with Crippen molar-refractivity contribution in [3.8, 4) is 0 Å². The highest BCUT2D eigenvalue weighted by Gasteiger charge is 2.27. The molecule has 1 fully saturated rings. The van der Waals surface area contributed by atoms with E-state index < -0.39 is 6.04 Å². The third kappa shape index (κ3) is 6.11. The maximum Gasteiger partial charge on any atom is 0.328 e. The number of hydrogen-bond acceptors (Lipinski definition) is 5. The Morgan fingerprint density at radius 3 is 2.31 bits per heavy atom. The number of carbonyl (C=O) groups is 2. The molecule has 1 N–H and O–H groups in total. The molecule has 1 aromatic carbocycles. The number of rotatable bonds is 8. The second-order valence-corrected chi connectivity index (χ2v) is 6.99. The number of amides is 1. The van der Waals surface area contributed by atoms with E-state index in [1.165, 1.54) is 12.7 Å². The van der Waals surface area contributed by atoms with Gasteiger partial charge in [0.05, 0.1) is 13.7 Å². The normalized spacial score (nSPS) is 18.1. The predicted molar refractivity (Wildman–Crippen MR) is 102 cm³/mol. The fourth-order valence-corrected chi connectivity index (χ4v) is 3.17. The Kier molecular flexibility index (Phi) is 8.06. The van der Waals surface area contributed by atoms with E-state index in [4.69, 9.17) is 4.74 Å². The van der Waals surface area contributed by atoms with Crippen LogP contribution in [0.25, 0.3) is 0 Å². The van der Waals surface area contributed by atoms with E-state index in [9.17, 15) is 9.59 Å². The van der Waals surface area contributed by atoms with Gasteiger partial charge >= 0.3 is 5.97 Å². The van der Waals surface area contributed by atoms with Crippen molar-refractivity contribution >= 4 is 11.9 Å². The molecule has 1 aromatic rings. The molecular weight excluding hydrogens is 330 g/mol. The van der Waals surface area contributed by atoms with Crippen LogP contribution in [-0.4, -0.2) is 67.6 Å². The minimum atomic E-state index is -0.572. The molecule has 0 saturated carbocycles. The highest BCUT2D eigenvalue weighted by Crippen LogP contribution is 2.10. The van der Waals surface area contributed by atoms with Crippen LogP contribution in [0.3, 0.4) is 0 Å². The fraction of sp³-hybridized carbons (Fsp3) is 0.600. The molecule has 0 radical (unpaired) electrons. The summed E-state index contributed by atoms with van der Waals surface area (Å²) in [6.07, 6.45) is 0.804. The summed E-state index contributed by atoms with van der Waals surface area (Å²) >= 11 is 0. The Labute approximate surface area is 156 Å². The molecule has 2 atom stereocenters. The van der Waals surface area contributed by atoms with Crippen LogP contribution in [-0.2, 0) is 20.9 Å². The standard InChI is InChI=1S/C20H31N3O3/c1-4-16(2)19(20(25)26-3)21-18(24)15-23-12-10-22(11-13-23)14-17-8-6-5-7-9-17/h5-9,16,19H,4,10-15H2,1-3H3,(H,21,24). The van der Waals surface area contributed by atoms with Gasteiger partial charge in [-0.1, -0.05) is 50.6 Å². The molecule has 0 aromatic heterocycles. The van der Waals surface area contributed by atoms with E-state index >= 15 is 0 Å². The molecule has 1 amide bonds. The number of esters is 1. The molecule has 26 heavy (non-hydrogen) atoms. The van der Waals surface area contributed by atoms with Gasteiger partial charge in [-0.2, -0.15) is 0 Å². The van der Waals surface area contributed by atoms with E-state index in [2.05, 4.69) is 39.4 Å². The Bertz CT molecular complexity index is 571. The van der Waals surface area contributed by atoms with Crippen molar-refractivity contribution in [2.45, 2.75) is 32.9 Å². The van der Waals surface area contributed by atoms with Crippen molar-refractivity contribution < 1.29 is 14.3 Å². The van der Waals surface area contributed by atoms with E-state index in [1.807, 2.05) is 19.9 Å². The van der Waals surface area contributed by atoms with E-state index in [1.54, 1.807) is 0 Å². The van der Waals surface area contributed by atoms with Crippen LogP contribution in [0.2, 0.25) is 0 Å². The third-order valence-corrected chi connectivity index (χ3v) is 5.07. The number of carbonyl (C=O) groups excluding carboxylic acids is 2. The molecule has 6 heteroatoms. The zero-order chi connectivity index (χ0) is 18.9. The van der Waals surface area contributed by atoms with Gasteiger partial charge in [0, 0.05) is 32.7 Å². The summed E-state index contributed by atoms with van der Waals surface area (Å²) in [5, 5.41) is 2.85. The van der Waals surface area contributed by atoms with Crippen molar-refractivity contribution in [2.75, 3.05) is 39.8 Å². The molecule has 144 valence electrons. The van der Waals surface area contributed by atoms with Crippen LogP contribution in [0.15, 0.2) is 30.3 Å². The Morgan fingerprint density at radius 2 is 1.73 bits per heavy atom. The molecule has 1 aliphatic rings.